The second-order valence-corrected chi connectivity index (χ2v) is 8.96. The smallest absolute Gasteiger partial charge is 0.266 e. The topological polar surface area (TPSA) is 105 Å². The molecule has 1 fully saturated rings. The normalized spacial score (nSPS) is 13.6. The average Bonchev–Trinajstić information content (AvgIpc) is 3.37. The van der Waals surface area contributed by atoms with Gasteiger partial charge < -0.3 is 15.6 Å². The molecule has 0 aromatic carbocycles. The summed E-state index contributed by atoms with van der Waals surface area (Å²) in [6.07, 6.45) is 7.08. The van der Waals surface area contributed by atoms with E-state index in [0.717, 1.165) is 34.2 Å². The number of carbonyl (C=O) groups is 1. The van der Waals surface area contributed by atoms with E-state index in [4.69, 9.17) is 0 Å². The minimum absolute atomic E-state index is 0.00692. The highest BCUT2D eigenvalue weighted by Crippen LogP contribution is 2.33. The zero-order valence-corrected chi connectivity index (χ0v) is 18.0. The molecule has 4 aromatic heterocycles. The Morgan fingerprint density at radius 1 is 1.32 bits per heavy atom. The molecule has 1 amide bonds. The number of hydrogen-bond donors (Lipinski definition) is 3. The summed E-state index contributed by atoms with van der Waals surface area (Å²) < 4.78 is 1.56. The maximum Gasteiger partial charge on any atom is 0.266 e. The van der Waals surface area contributed by atoms with E-state index < -0.39 is 0 Å². The predicted octanol–water partition coefficient (Wildman–Crippen LogP) is 3.21. The van der Waals surface area contributed by atoms with Crippen LogP contribution in [-0.4, -0.2) is 32.5 Å². The van der Waals surface area contributed by atoms with Gasteiger partial charge in [-0.3, -0.25) is 14.2 Å². The van der Waals surface area contributed by atoms with Gasteiger partial charge in [0.2, 0.25) is 5.91 Å². The number of fused-ring (bicyclic) bond motifs is 1. The molecule has 1 aliphatic rings. The lowest BCUT2D eigenvalue weighted by Gasteiger charge is -2.08. The van der Waals surface area contributed by atoms with E-state index in [-0.39, 0.29) is 17.4 Å². The molecule has 0 bridgehead atoms. The monoisotopic (exact) mass is 434 g/mol. The van der Waals surface area contributed by atoms with Crippen LogP contribution >= 0.6 is 11.3 Å². The molecular formula is C22H22N6O2S. The van der Waals surface area contributed by atoms with Crippen molar-refractivity contribution < 1.29 is 4.79 Å². The molecule has 4 heterocycles. The van der Waals surface area contributed by atoms with Crippen molar-refractivity contribution in [3.05, 3.63) is 57.6 Å². The summed E-state index contributed by atoms with van der Waals surface area (Å²) in [4.78, 5) is 38.8. The lowest BCUT2D eigenvalue weighted by atomic mass is 10.1. The number of anilines is 1. The molecule has 1 saturated carbocycles. The molecule has 0 spiro atoms. The molecule has 3 N–H and O–H groups in total. The number of carbonyl (C=O) groups excluding carboxylic acids is 1. The Kier molecular flexibility index (Phi) is 4.91. The minimum atomic E-state index is -0.157. The van der Waals surface area contributed by atoms with Gasteiger partial charge in [-0.25, -0.2) is 9.97 Å². The Labute approximate surface area is 182 Å². The van der Waals surface area contributed by atoms with Crippen LogP contribution in [0.5, 0.6) is 0 Å². The zero-order valence-electron chi connectivity index (χ0n) is 17.2. The Morgan fingerprint density at radius 3 is 2.87 bits per heavy atom. The molecule has 0 atom stereocenters. The van der Waals surface area contributed by atoms with Crippen molar-refractivity contribution in [2.45, 2.75) is 26.3 Å². The zero-order chi connectivity index (χ0) is 21.5. The molecule has 8 nitrogen and oxygen atoms in total. The maximum atomic E-state index is 13.2. The van der Waals surface area contributed by atoms with Gasteiger partial charge in [0, 0.05) is 41.3 Å². The van der Waals surface area contributed by atoms with Gasteiger partial charge in [-0.1, -0.05) is 0 Å². The summed E-state index contributed by atoms with van der Waals surface area (Å²) in [5.41, 5.74) is 2.75. The number of rotatable bonds is 6. The molecule has 4 aromatic rings. The highest BCUT2D eigenvalue weighted by molar-refractivity contribution is 7.13. The second-order valence-electron chi connectivity index (χ2n) is 7.75. The van der Waals surface area contributed by atoms with Crippen LogP contribution in [0.15, 0.2) is 41.6 Å². The molecule has 0 unspecified atom stereocenters. The summed E-state index contributed by atoms with van der Waals surface area (Å²) >= 11 is 1.47. The minimum Gasteiger partial charge on any atom is -0.351 e. The number of aromatic amines is 1. The standard InChI is InChI=1S/C22H22N6O2S/c1-12-9-25-22(31-12)28-7-3-4-15(21(28)30)17-8-16-14(10-23-2)11-24-19(18(16)26-17)27-20(29)13-5-6-13/h3-4,7-9,11,13,23,26H,5-6,10H2,1-2H3,(H,24,27,29). The van der Waals surface area contributed by atoms with Gasteiger partial charge in [0.25, 0.3) is 5.56 Å². The molecule has 0 radical (unpaired) electrons. The van der Waals surface area contributed by atoms with Crippen molar-refractivity contribution in [1.82, 2.24) is 24.8 Å². The first-order chi connectivity index (χ1) is 15.0. The molecule has 158 valence electrons. The number of nitrogens with zero attached hydrogens (tertiary/aromatic N) is 3. The molecule has 9 heteroatoms. The molecule has 31 heavy (non-hydrogen) atoms. The van der Waals surface area contributed by atoms with Gasteiger partial charge in [0.05, 0.1) is 16.8 Å². The van der Waals surface area contributed by atoms with Gasteiger partial charge in [-0.15, -0.1) is 11.3 Å². The van der Waals surface area contributed by atoms with Crippen LogP contribution in [0.25, 0.3) is 27.3 Å². The fourth-order valence-corrected chi connectivity index (χ4v) is 4.35. The van der Waals surface area contributed by atoms with Gasteiger partial charge >= 0.3 is 0 Å². The average molecular weight is 435 g/mol. The first-order valence-electron chi connectivity index (χ1n) is 10.2. The number of pyridine rings is 2. The van der Waals surface area contributed by atoms with Crippen LogP contribution in [0.4, 0.5) is 5.82 Å². The predicted molar refractivity (Wildman–Crippen MR) is 122 cm³/mol. The Morgan fingerprint density at radius 2 is 2.16 bits per heavy atom. The van der Waals surface area contributed by atoms with E-state index >= 15 is 0 Å². The van der Waals surface area contributed by atoms with Crippen LogP contribution in [-0.2, 0) is 11.3 Å². The first kappa shape index (κ1) is 19.7. The summed E-state index contributed by atoms with van der Waals surface area (Å²) in [5, 5.41) is 7.64. The van der Waals surface area contributed by atoms with Crippen LogP contribution < -0.4 is 16.2 Å². The lowest BCUT2D eigenvalue weighted by molar-refractivity contribution is -0.117. The number of nitrogens with one attached hydrogen (secondary N) is 3. The largest absolute Gasteiger partial charge is 0.351 e. The summed E-state index contributed by atoms with van der Waals surface area (Å²) in [6.45, 7) is 2.58. The van der Waals surface area contributed by atoms with Crippen LogP contribution in [0.3, 0.4) is 0 Å². The number of aromatic nitrogens is 4. The SMILES string of the molecule is CNCc1cnc(NC(=O)C2CC2)c2[nH]c(-c3cccn(-c4ncc(C)s4)c3=O)cc12. The van der Waals surface area contributed by atoms with Crippen LogP contribution in [0.2, 0.25) is 0 Å². The third-order valence-corrected chi connectivity index (χ3v) is 6.27. The fraction of sp³-hybridized carbons (Fsp3) is 0.273. The molecule has 1 aliphatic carbocycles. The van der Waals surface area contributed by atoms with E-state index in [1.54, 1.807) is 29.2 Å². The van der Waals surface area contributed by atoms with Gasteiger partial charge in [-0.05, 0) is 50.6 Å². The number of aryl methyl sites for hydroxylation is 1. The van der Waals surface area contributed by atoms with Gasteiger partial charge in [0.1, 0.15) is 0 Å². The van der Waals surface area contributed by atoms with E-state index in [1.807, 2.05) is 26.1 Å². The molecule has 0 saturated heterocycles. The Bertz CT molecular complexity index is 1350. The van der Waals surface area contributed by atoms with E-state index in [1.165, 1.54) is 11.3 Å². The van der Waals surface area contributed by atoms with Crippen molar-refractivity contribution >= 4 is 34.0 Å². The third-order valence-electron chi connectivity index (χ3n) is 5.36. The van der Waals surface area contributed by atoms with Crippen LogP contribution in [0, 0.1) is 12.8 Å². The third kappa shape index (κ3) is 3.66. The fourth-order valence-electron chi connectivity index (χ4n) is 3.61. The van der Waals surface area contributed by atoms with Gasteiger partial charge in [0.15, 0.2) is 10.9 Å². The van der Waals surface area contributed by atoms with Crippen molar-refractivity contribution in [1.29, 1.82) is 0 Å². The second kappa shape index (κ2) is 7.75. The first-order valence-corrected chi connectivity index (χ1v) is 11.0. The Hall–Kier alpha value is -3.30. The summed E-state index contributed by atoms with van der Waals surface area (Å²) in [5.74, 6) is 0.559. The Balaban J connectivity index is 1.63. The highest BCUT2D eigenvalue weighted by atomic mass is 32.1. The number of thiazole rings is 1. The molecule has 0 aliphatic heterocycles. The number of hydrogen-bond acceptors (Lipinski definition) is 6. The lowest BCUT2D eigenvalue weighted by Crippen LogP contribution is -2.19. The van der Waals surface area contributed by atoms with E-state index in [0.29, 0.717) is 28.8 Å². The quantitative estimate of drug-likeness (QED) is 0.432. The van der Waals surface area contributed by atoms with Crippen LogP contribution in [0.1, 0.15) is 23.3 Å². The summed E-state index contributed by atoms with van der Waals surface area (Å²) in [6, 6.07) is 5.57. The maximum absolute atomic E-state index is 13.2. The van der Waals surface area contributed by atoms with Crippen molar-refractivity contribution in [3.8, 4) is 16.4 Å². The summed E-state index contributed by atoms with van der Waals surface area (Å²) in [7, 11) is 1.87. The van der Waals surface area contributed by atoms with Crippen molar-refractivity contribution in [2.24, 2.45) is 5.92 Å². The van der Waals surface area contributed by atoms with Crippen molar-refractivity contribution in [2.75, 3.05) is 12.4 Å². The highest BCUT2D eigenvalue weighted by Gasteiger charge is 2.30. The van der Waals surface area contributed by atoms with E-state index in [2.05, 4.69) is 25.6 Å². The van der Waals surface area contributed by atoms with E-state index in [9.17, 15) is 9.59 Å². The molecular weight excluding hydrogens is 412 g/mol. The number of H-pyrrole nitrogens is 1. The van der Waals surface area contributed by atoms with Gasteiger partial charge in [-0.2, -0.15) is 0 Å². The number of amides is 1. The van der Waals surface area contributed by atoms with Crippen molar-refractivity contribution in [3.63, 3.8) is 0 Å². The molecule has 5 rings (SSSR count).